The molecule has 0 fully saturated rings. The Morgan fingerprint density at radius 2 is 1.57 bits per heavy atom. The maximum Gasteiger partial charge on any atom is 0.501 e. The number of alkyl halides is 3. The molecule has 0 spiro atoms. The summed E-state index contributed by atoms with van der Waals surface area (Å²) in [6.45, 7) is 2.25. The fourth-order valence-corrected chi connectivity index (χ4v) is 3.36. The smallest absolute Gasteiger partial charge is 0.350 e. The van der Waals surface area contributed by atoms with Gasteiger partial charge in [0.15, 0.2) is 0 Å². The normalized spacial score (nSPS) is 13.4. The number of sulfone groups is 1. The van der Waals surface area contributed by atoms with Crippen LogP contribution in [0.3, 0.4) is 0 Å². The molecule has 0 aliphatic rings. The number of aryl methyl sites for hydroxylation is 1. The molecule has 0 radical (unpaired) electrons. The van der Waals surface area contributed by atoms with E-state index < -0.39 is 26.1 Å². The zero-order valence-electron chi connectivity index (χ0n) is 15.6. The number of hydrogen-bond donors (Lipinski definition) is 1. The Balaban J connectivity index is 2.11. The first kappa shape index (κ1) is 21.9. The lowest BCUT2D eigenvalue weighted by Gasteiger charge is -2.25. The first-order chi connectivity index (χ1) is 12.9. The molecule has 0 aromatic heterocycles. The maximum absolute atomic E-state index is 12.6. The van der Waals surface area contributed by atoms with Crippen molar-refractivity contribution in [2.45, 2.75) is 23.4 Å². The number of nitrogens with one attached hydrogen (secondary N) is 1. The molecule has 0 saturated heterocycles. The van der Waals surface area contributed by atoms with E-state index in [4.69, 9.17) is 0 Å². The van der Waals surface area contributed by atoms with Crippen LogP contribution in [0.1, 0.15) is 27.5 Å². The number of nitrogens with zero attached hydrogens (tertiary/aromatic N) is 1. The maximum atomic E-state index is 12.6. The van der Waals surface area contributed by atoms with Gasteiger partial charge in [0, 0.05) is 12.1 Å². The lowest BCUT2D eigenvalue weighted by molar-refractivity contribution is -0.0436. The number of hydrogen-bond acceptors (Lipinski definition) is 4. The summed E-state index contributed by atoms with van der Waals surface area (Å²) in [4.78, 5) is 13.3. The second kappa shape index (κ2) is 8.32. The zero-order valence-corrected chi connectivity index (χ0v) is 16.4. The van der Waals surface area contributed by atoms with Gasteiger partial charge >= 0.3 is 5.51 Å². The van der Waals surface area contributed by atoms with Crippen LogP contribution in [0.2, 0.25) is 0 Å². The van der Waals surface area contributed by atoms with E-state index in [-0.39, 0.29) is 18.2 Å². The van der Waals surface area contributed by atoms with Crippen LogP contribution in [0.25, 0.3) is 0 Å². The highest BCUT2D eigenvalue weighted by molar-refractivity contribution is 7.92. The molecular weight excluding hydrogens is 393 g/mol. The monoisotopic (exact) mass is 414 g/mol. The van der Waals surface area contributed by atoms with Gasteiger partial charge in [-0.2, -0.15) is 13.2 Å². The topological polar surface area (TPSA) is 66.5 Å². The molecule has 1 amide bonds. The summed E-state index contributed by atoms with van der Waals surface area (Å²) in [6, 6.07) is 11.4. The minimum absolute atomic E-state index is 0.0718. The average molecular weight is 414 g/mol. The lowest BCUT2D eigenvalue weighted by Crippen LogP contribution is -2.34. The van der Waals surface area contributed by atoms with Crippen LogP contribution < -0.4 is 5.32 Å². The minimum Gasteiger partial charge on any atom is -0.350 e. The molecule has 28 heavy (non-hydrogen) atoms. The highest BCUT2D eigenvalue weighted by Gasteiger charge is 2.46. The molecule has 1 unspecified atom stereocenters. The van der Waals surface area contributed by atoms with Crippen molar-refractivity contribution in [3.8, 4) is 0 Å². The van der Waals surface area contributed by atoms with E-state index in [9.17, 15) is 26.4 Å². The fraction of sp³-hybridized carbons (Fsp3) is 0.316. The second-order valence-electron chi connectivity index (χ2n) is 6.57. The third-order valence-corrected chi connectivity index (χ3v) is 5.78. The molecule has 0 aliphatic carbocycles. The van der Waals surface area contributed by atoms with Crippen LogP contribution in [0.15, 0.2) is 53.4 Å². The summed E-state index contributed by atoms with van der Waals surface area (Å²) in [5.74, 6) is -0.505. The quantitative estimate of drug-likeness (QED) is 0.788. The van der Waals surface area contributed by atoms with Crippen LogP contribution in [0.4, 0.5) is 13.2 Å². The van der Waals surface area contributed by atoms with E-state index in [2.05, 4.69) is 5.32 Å². The number of benzene rings is 2. The van der Waals surface area contributed by atoms with E-state index in [1.54, 1.807) is 0 Å². The Bertz CT molecular complexity index is 922. The summed E-state index contributed by atoms with van der Waals surface area (Å²) in [7, 11) is -1.70. The standard InChI is InChI=1S/C19H21F3N2O3S/c1-13-4-6-14(7-5-13)17(24(2)3)12-23-18(25)15-8-10-16(11-9-15)28(26,27)19(20,21)22/h4-11,17H,12H2,1-3H3,(H,23,25). The van der Waals surface area contributed by atoms with Crippen molar-refractivity contribution in [2.24, 2.45) is 0 Å². The van der Waals surface area contributed by atoms with Crippen LogP contribution in [-0.4, -0.2) is 45.4 Å². The number of carbonyl (C=O) groups is 1. The van der Waals surface area contributed by atoms with Crippen LogP contribution in [-0.2, 0) is 9.84 Å². The molecule has 1 N–H and O–H groups in total. The Labute approximate surface area is 162 Å². The predicted molar refractivity (Wildman–Crippen MR) is 99.6 cm³/mol. The van der Waals surface area contributed by atoms with Crippen LogP contribution in [0.5, 0.6) is 0 Å². The Kier molecular flexibility index (Phi) is 6.51. The molecule has 0 aliphatic heterocycles. The Hall–Kier alpha value is -2.39. The zero-order chi connectivity index (χ0) is 21.1. The van der Waals surface area contributed by atoms with Gasteiger partial charge in [-0.1, -0.05) is 29.8 Å². The van der Waals surface area contributed by atoms with E-state index in [1.807, 2.05) is 50.2 Å². The van der Waals surface area contributed by atoms with Gasteiger partial charge in [0.05, 0.1) is 10.9 Å². The third kappa shape index (κ3) is 4.90. The van der Waals surface area contributed by atoms with Gasteiger partial charge in [0.2, 0.25) is 0 Å². The number of rotatable bonds is 6. The molecule has 2 aromatic rings. The van der Waals surface area contributed by atoms with Gasteiger partial charge in [0.25, 0.3) is 15.7 Å². The Morgan fingerprint density at radius 3 is 2.04 bits per heavy atom. The highest BCUT2D eigenvalue weighted by atomic mass is 32.2. The number of likely N-dealkylation sites (N-methyl/N-ethyl adjacent to an activating group) is 1. The predicted octanol–water partition coefficient (Wildman–Crippen LogP) is 3.32. The molecule has 9 heteroatoms. The van der Waals surface area contributed by atoms with Crippen molar-refractivity contribution in [1.82, 2.24) is 10.2 Å². The molecule has 1 atom stereocenters. The number of carbonyl (C=O) groups excluding carboxylic acids is 1. The average Bonchev–Trinajstić information content (AvgIpc) is 2.62. The molecule has 2 aromatic carbocycles. The van der Waals surface area contributed by atoms with Gasteiger partial charge in [-0.05, 0) is 50.8 Å². The molecule has 0 saturated carbocycles. The van der Waals surface area contributed by atoms with Gasteiger partial charge < -0.3 is 10.2 Å². The third-order valence-electron chi connectivity index (χ3n) is 4.27. The van der Waals surface area contributed by atoms with Crippen molar-refractivity contribution in [3.05, 3.63) is 65.2 Å². The van der Waals surface area contributed by atoms with Crippen molar-refractivity contribution in [2.75, 3.05) is 20.6 Å². The van der Waals surface area contributed by atoms with E-state index in [1.165, 1.54) is 0 Å². The van der Waals surface area contributed by atoms with Crippen molar-refractivity contribution >= 4 is 15.7 Å². The second-order valence-corrected chi connectivity index (χ2v) is 8.51. The summed E-state index contributed by atoms with van der Waals surface area (Å²) in [5, 5.41) is 2.73. The lowest BCUT2D eigenvalue weighted by atomic mass is 10.0. The van der Waals surface area contributed by atoms with Crippen molar-refractivity contribution in [3.63, 3.8) is 0 Å². The van der Waals surface area contributed by atoms with Gasteiger partial charge in [0.1, 0.15) is 0 Å². The molecule has 5 nitrogen and oxygen atoms in total. The molecule has 2 rings (SSSR count). The summed E-state index contributed by atoms with van der Waals surface area (Å²) in [5.41, 5.74) is -3.20. The largest absolute Gasteiger partial charge is 0.501 e. The van der Waals surface area contributed by atoms with Gasteiger partial charge in [-0.25, -0.2) is 8.42 Å². The summed E-state index contributed by atoms with van der Waals surface area (Å²) < 4.78 is 60.5. The van der Waals surface area contributed by atoms with E-state index >= 15 is 0 Å². The molecule has 0 heterocycles. The van der Waals surface area contributed by atoms with Crippen LogP contribution >= 0.6 is 0 Å². The van der Waals surface area contributed by atoms with Crippen molar-refractivity contribution < 1.29 is 26.4 Å². The molecular formula is C19H21F3N2O3S. The first-order valence-corrected chi connectivity index (χ1v) is 9.84. The SMILES string of the molecule is Cc1ccc(C(CNC(=O)c2ccc(S(=O)(=O)C(F)(F)F)cc2)N(C)C)cc1. The van der Waals surface area contributed by atoms with Gasteiger partial charge in [-0.3, -0.25) is 4.79 Å². The first-order valence-electron chi connectivity index (χ1n) is 8.36. The number of amides is 1. The van der Waals surface area contributed by atoms with E-state index in [0.717, 1.165) is 35.4 Å². The summed E-state index contributed by atoms with van der Waals surface area (Å²) >= 11 is 0. The van der Waals surface area contributed by atoms with Crippen molar-refractivity contribution in [1.29, 1.82) is 0 Å². The summed E-state index contributed by atoms with van der Waals surface area (Å²) in [6.07, 6.45) is 0. The van der Waals surface area contributed by atoms with E-state index in [0.29, 0.717) is 0 Å². The Morgan fingerprint density at radius 1 is 1.04 bits per heavy atom. The molecule has 152 valence electrons. The minimum atomic E-state index is -5.43. The fourth-order valence-electron chi connectivity index (χ4n) is 2.60. The highest BCUT2D eigenvalue weighted by Crippen LogP contribution is 2.30. The van der Waals surface area contributed by atoms with Crippen LogP contribution in [0, 0.1) is 6.92 Å². The number of halogens is 3. The van der Waals surface area contributed by atoms with Gasteiger partial charge in [-0.15, -0.1) is 0 Å². The molecule has 0 bridgehead atoms.